The third-order valence-electron chi connectivity index (χ3n) is 8.02. The van der Waals surface area contributed by atoms with E-state index < -0.39 is 29.7 Å². The summed E-state index contributed by atoms with van der Waals surface area (Å²) in [5.41, 5.74) is 0.912. The maximum Gasteiger partial charge on any atom is 0.264 e. The number of carbonyl (C=O) groups is 4. The van der Waals surface area contributed by atoms with Crippen LogP contribution >= 0.6 is 0 Å². The minimum atomic E-state index is -1.01. The predicted octanol–water partition coefficient (Wildman–Crippen LogP) is 1.47. The minimum absolute atomic E-state index is 0.0669. The average Bonchev–Trinajstić information content (AvgIpc) is 3.42. The van der Waals surface area contributed by atoms with Gasteiger partial charge in [-0.1, -0.05) is 19.4 Å². The maximum absolute atomic E-state index is 13.1. The van der Waals surface area contributed by atoms with E-state index in [2.05, 4.69) is 17.6 Å². The van der Waals surface area contributed by atoms with E-state index in [1.54, 1.807) is 18.2 Å². The third kappa shape index (κ3) is 18.0. The molecule has 1 aromatic carbocycles. The summed E-state index contributed by atoms with van der Waals surface area (Å²) in [6.45, 7) is 12.4. The van der Waals surface area contributed by atoms with Gasteiger partial charge in [0.25, 0.3) is 11.8 Å². The number of unbranched alkanes of at least 4 members (excludes halogenated alkanes) is 1. The first-order chi connectivity index (χ1) is 26.5. The first-order valence-electron chi connectivity index (χ1n) is 18.9. The highest BCUT2D eigenvalue weighted by molar-refractivity contribution is 6.25. The van der Waals surface area contributed by atoms with E-state index in [0.717, 1.165) is 24.3 Å². The molecule has 1 saturated heterocycles. The Labute approximate surface area is 317 Å². The largest absolute Gasteiger partial charge is 0.382 e. The van der Waals surface area contributed by atoms with Gasteiger partial charge in [0.05, 0.1) is 137 Å². The standard InChI is InChI=1S/C37H59N3O14/c1-2-3-10-45-12-14-47-16-18-49-20-22-51-24-26-53-28-29-54-27-25-52-23-21-50-19-17-48-15-13-46-11-9-38-31-6-4-5-30-34(31)37(44)40(36(30)43)32-7-8-33(41)39-35(32)42/h4-6,32,38H,2-3,7-29H2,1H3,(H,39,41,42). The molecule has 54 heavy (non-hydrogen) atoms. The van der Waals surface area contributed by atoms with Crippen molar-refractivity contribution in [2.45, 2.75) is 38.6 Å². The van der Waals surface area contributed by atoms with Gasteiger partial charge in [-0.2, -0.15) is 0 Å². The van der Waals surface area contributed by atoms with Crippen LogP contribution in [0.4, 0.5) is 5.69 Å². The maximum atomic E-state index is 13.1. The first kappa shape index (κ1) is 45.3. The van der Waals surface area contributed by atoms with Crippen LogP contribution in [0.3, 0.4) is 0 Å². The second kappa shape index (κ2) is 29.2. The Kier molecular flexibility index (Phi) is 24.5. The average molecular weight is 770 g/mol. The molecule has 1 atom stereocenters. The van der Waals surface area contributed by atoms with Gasteiger partial charge in [0.2, 0.25) is 11.8 Å². The number of imide groups is 2. The molecule has 0 radical (unpaired) electrons. The van der Waals surface area contributed by atoms with Crippen molar-refractivity contribution in [2.24, 2.45) is 0 Å². The lowest BCUT2D eigenvalue weighted by Gasteiger charge is -2.27. The summed E-state index contributed by atoms with van der Waals surface area (Å²) in [7, 11) is 0. The van der Waals surface area contributed by atoms with Crippen molar-refractivity contribution in [2.75, 3.05) is 144 Å². The molecule has 0 aliphatic carbocycles. The monoisotopic (exact) mass is 769 g/mol. The highest BCUT2D eigenvalue weighted by atomic mass is 16.6. The molecule has 2 N–H and O–H groups in total. The molecule has 2 aliphatic rings. The van der Waals surface area contributed by atoms with Crippen LogP contribution < -0.4 is 10.6 Å². The van der Waals surface area contributed by atoms with E-state index >= 15 is 0 Å². The van der Waals surface area contributed by atoms with Crippen LogP contribution in [-0.2, 0) is 57.0 Å². The third-order valence-corrected chi connectivity index (χ3v) is 8.02. The van der Waals surface area contributed by atoms with Gasteiger partial charge in [-0.25, -0.2) is 0 Å². The van der Waals surface area contributed by atoms with E-state index in [-0.39, 0.29) is 24.0 Å². The lowest BCUT2D eigenvalue weighted by Crippen LogP contribution is -2.54. The van der Waals surface area contributed by atoms with Crippen molar-refractivity contribution in [3.63, 3.8) is 0 Å². The Hall–Kier alpha value is -3.10. The zero-order valence-electron chi connectivity index (χ0n) is 31.6. The molecule has 1 unspecified atom stereocenters. The van der Waals surface area contributed by atoms with Crippen LogP contribution in [0, 0.1) is 0 Å². The van der Waals surface area contributed by atoms with Crippen LogP contribution in [0.2, 0.25) is 0 Å². The van der Waals surface area contributed by atoms with Crippen LogP contribution in [0.5, 0.6) is 0 Å². The lowest BCUT2D eigenvalue weighted by molar-refractivity contribution is -0.136. The number of carbonyl (C=O) groups excluding carboxylic acids is 4. The van der Waals surface area contributed by atoms with E-state index in [1.807, 2.05) is 0 Å². The van der Waals surface area contributed by atoms with Crippen molar-refractivity contribution in [1.82, 2.24) is 10.2 Å². The Morgan fingerprint density at radius 1 is 0.593 bits per heavy atom. The molecule has 0 bridgehead atoms. The summed E-state index contributed by atoms with van der Waals surface area (Å²) in [5.74, 6) is -2.16. The number of hydrogen-bond donors (Lipinski definition) is 2. The molecular formula is C37H59N3O14. The van der Waals surface area contributed by atoms with E-state index in [9.17, 15) is 19.2 Å². The molecule has 17 heteroatoms. The SMILES string of the molecule is CCCCOCCOCCOCCOCCOCCOCCOCCOCCOCCOCCNc1cccc2c1C(=O)N(C1CCC(=O)NC1=O)C2=O. The number of fused-ring (bicyclic) bond motifs is 1. The molecule has 2 heterocycles. The molecule has 0 spiro atoms. The second-order valence-corrected chi connectivity index (χ2v) is 12.1. The lowest BCUT2D eigenvalue weighted by atomic mass is 10.0. The highest BCUT2D eigenvalue weighted by Gasteiger charge is 2.45. The summed E-state index contributed by atoms with van der Waals surface area (Å²) in [6.07, 6.45) is 2.39. The summed E-state index contributed by atoms with van der Waals surface area (Å²) < 4.78 is 54.9. The Balaban J connectivity index is 1.02. The molecule has 1 aromatic rings. The molecule has 306 valence electrons. The van der Waals surface area contributed by atoms with E-state index in [4.69, 9.17) is 47.4 Å². The van der Waals surface area contributed by atoms with Crippen molar-refractivity contribution < 1.29 is 66.5 Å². The van der Waals surface area contributed by atoms with Crippen molar-refractivity contribution in [3.8, 4) is 0 Å². The summed E-state index contributed by atoms with van der Waals surface area (Å²) in [5, 5.41) is 5.33. The van der Waals surface area contributed by atoms with Crippen LogP contribution in [0.25, 0.3) is 0 Å². The topological polar surface area (TPSA) is 188 Å². The Morgan fingerprint density at radius 3 is 1.44 bits per heavy atom. The number of rotatable bonds is 35. The molecule has 0 saturated carbocycles. The number of amides is 4. The number of piperidine rings is 1. The quantitative estimate of drug-likeness (QED) is 0.0746. The molecule has 1 fully saturated rings. The number of nitrogens with zero attached hydrogens (tertiary/aromatic N) is 1. The van der Waals surface area contributed by atoms with Crippen molar-refractivity contribution >= 4 is 29.3 Å². The predicted molar refractivity (Wildman–Crippen MR) is 195 cm³/mol. The fourth-order valence-electron chi connectivity index (χ4n) is 5.25. The number of anilines is 1. The fourth-order valence-corrected chi connectivity index (χ4v) is 5.25. The van der Waals surface area contributed by atoms with Gasteiger partial charge in [0.15, 0.2) is 0 Å². The van der Waals surface area contributed by atoms with Crippen LogP contribution in [0.15, 0.2) is 18.2 Å². The Bertz CT molecular complexity index is 1220. The fraction of sp³-hybridized carbons (Fsp3) is 0.730. The van der Waals surface area contributed by atoms with Crippen LogP contribution in [-0.4, -0.2) is 173 Å². The molecule has 0 aromatic heterocycles. The van der Waals surface area contributed by atoms with Gasteiger partial charge < -0.3 is 52.7 Å². The van der Waals surface area contributed by atoms with Crippen molar-refractivity contribution in [1.29, 1.82) is 0 Å². The molecule has 3 rings (SSSR count). The smallest absolute Gasteiger partial charge is 0.264 e. The van der Waals surface area contributed by atoms with Gasteiger partial charge in [-0.15, -0.1) is 0 Å². The van der Waals surface area contributed by atoms with Gasteiger partial charge in [0.1, 0.15) is 6.04 Å². The van der Waals surface area contributed by atoms with Gasteiger partial charge >= 0.3 is 0 Å². The summed E-state index contributed by atoms with van der Waals surface area (Å²) >= 11 is 0. The van der Waals surface area contributed by atoms with Gasteiger partial charge in [0, 0.05) is 25.3 Å². The van der Waals surface area contributed by atoms with Crippen molar-refractivity contribution in [3.05, 3.63) is 29.3 Å². The van der Waals surface area contributed by atoms with E-state index in [0.29, 0.717) is 138 Å². The summed E-state index contributed by atoms with van der Waals surface area (Å²) in [6, 6.07) is 3.91. The number of ether oxygens (including phenoxy) is 10. The highest BCUT2D eigenvalue weighted by Crippen LogP contribution is 2.32. The molecule has 2 aliphatic heterocycles. The summed E-state index contributed by atoms with van der Waals surface area (Å²) in [4.78, 5) is 50.8. The van der Waals surface area contributed by atoms with Gasteiger partial charge in [-0.3, -0.25) is 29.4 Å². The number of hydrogen-bond acceptors (Lipinski definition) is 15. The minimum Gasteiger partial charge on any atom is -0.382 e. The molecular weight excluding hydrogens is 710 g/mol. The van der Waals surface area contributed by atoms with Gasteiger partial charge in [-0.05, 0) is 25.0 Å². The zero-order valence-corrected chi connectivity index (χ0v) is 31.6. The number of benzene rings is 1. The second-order valence-electron chi connectivity index (χ2n) is 12.1. The zero-order chi connectivity index (χ0) is 38.5. The normalized spacial score (nSPS) is 15.6. The molecule has 17 nitrogen and oxygen atoms in total. The van der Waals surface area contributed by atoms with E-state index in [1.165, 1.54) is 0 Å². The number of nitrogens with one attached hydrogen (secondary N) is 2. The first-order valence-corrected chi connectivity index (χ1v) is 18.9. The molecule has 4 amide bonds. The Morgan fingerprint density at radius 2 is 1.02 bits per heavy atom. The van der Waals surface area contributed by atoms with Crippen LogP contribution in [0.1, 0.15) is 53.3 Å².